The van der Waals surface area contributed by atoms with Crippen molar-refractivity contribution in [1.82, 2.24) is 9.62 Å². The first kappa shape index (κ1) is 22.9. The van der Waals surface area contributed by atoms with E-state index in [1.165, 1.54) is 28.4 Å². The number of fused-ring (bicyclic) bond motifs is 1. The molecule has 0 radical (unpaired) electrons. The predicted molar refractivity (Wildman–Crippen MR) is 122 cm³/mol. The molecule has 1 aromatic carbocycles. The summed E-state index contributed by atoms with van der Waals surface area (Å²) in [5.74, 6) is -0.450. The van der Waals surface area contributed by atoms with E-state index in [1.807, 2.05) is 11.4 Å². The highest BCUT2D eigenvalue weighted by atomic mass is 32.2. The van der Waals surface area contributed by atoms with Crippen molar-refractivity contribution in [1.29, 1.82) is 0 Å². The number of hydrogen-bond donors (Lipinski definition) is 1. The van der Waals surface area contributed by atoms with E-state index >= 15 is 0 Å². The molecule has 1 aliphatic heterocycles. The fourth-order valence-corrected chi connectivity index (χ4v) is 6.85. The van der Waals surface area contributed by atoms with Crippen molar-refractivity contribution in [3.8, 4) is 0 Å². The normalized spacial score (nSPS) is 23.9. The van der Waals surface area contributed by atoms with Gasteiger partial charge < -0.3 is 10.1 Å². The van der Waals surface area contributed by atoms with Crippen LogP contribution in [0.5, 0.6) is 0 Å². The molecule has 1 N–H and O–H groups in total. The Morgan fingerprint density at radius 3 is 2.69 bits per heavy atom. The number of benzene rings is 1. The van der Waals surface area contributed by atoms with Crippen molar-refractivity contribution >= 4 is 33.2 Å². The summed E-state index contributed by atoms with van der Waals surface area (Å²) >= 11 is 1.65. The second kappa shape index (κ2) is 8.96. The monoisotopic (exact) mass is 476 g/mol. The first-order chi connectivity index (χ1) is 15.2. The second-order valence-electron chi connectivity index (χ2n) is 8.70. The average Bonchev–Trinajstić information content (AvgIpc) is 3.28. The highest BCUT2D eigenvalue weighted by Crippen LogP contribution is 2.33. The lowest BCUT2D eigenvalue weighted by Gasteiger charge is -2.37. The molecule has 172 valence electrons. The van der Waals surface area contributed by atoms with Crippen LogP contribution in [0.4, 0.5) is 0 Å². The zero-order valence-corrected chi connectivity index (χ0v) is 19.9. The molecule has 2 aliphatic rings. The number of esters is 1. The van der Waals surface area contributed by atoms with Crippen LogP contribution in [0.3, 0.4) is 0 Å². The van der Waals surface area contributed by atoms with E-state index in [0.29, 0.717) is 38.3 Å². The molecule has 7 nitrogen and oxygen atoms in total. The van der Waals surface area contributed by atoms with Crippen molar-refractivity contribution in [2.24, 2.45) is 5.92 Å². The smallest absolute Gasteiger partial charge is 0.331 e. The van der Waals surface area contributed by atoms with Gasteiger partial charge in [0.05, 0.1) is 12.0 Å². The number of carbonyl (C=O) groups excluding carboxylic acids is 2. The van der Waals surface area contributed by atoms with Crippen molar-refractivity contribution < 1.29 is 22.7 Å². The summed E-state index contributed by atoms with van der Waals surface area (Å²) in [6.07, 6.45) is 3.31. The average molecular weight is 477 g/mol. The lowest BCUT2D eigenvalue weighted by atomic mass is 9.77. The van der Waals surface area contributed by atoms with Gasteiger partial charge in [0.1, 0.15) is 5.54 Å². The lowest BCUT2D eigenvalue weighted by molar-refractivity contribution is -0.150. The van der Waals surface area contributed by atoms with Gasteiger partial charge in [-0.2, -0.15) is 4.31 Å². The molecular weight excluding hydrogens is 448 g/mol. The quantitative estimate of drug-likeness (QED) is 0.668. The molecular formula is C23H28N2O5S2. The van der Waals surface area contributed by atoms with Crippen molar-refractivity contribution in [3.63, 3.8) is 0 Å². The SMILES string of the molecule is COC(=O)C1(NC(=O)c2cccc(S(=O)(=O)N3CCc4sccc4C3)c2)CCC(C)CC1. The van der Waals surface area contributed by atoms with Crippen molar-refractivity contribution in [3.05, 3.63) is 51.7 Å². The molecule has 1 fully saturated rings. The van der Waals surface area contributed by atoms with E-state index in [2.05, 4.69) is 12.2 Å². The van der Waals surface area contributed by atoms with Gasteiger partial charge in [-0.05, 0) is 73.2 Å². The maximum absolute atomic E-state index is 13.3. The van der Waals surface area contributed by atoms with Crippen LogP contribution in [-0.4, -0.2) is 43.8 Å². The Morgan fingerprint density at radius 2 is 1.97 bits per heavy atom. The van der Waals surface area contributed by atoms with Gasteiger partial charge in [0.15, 0.2) is 0 Å². The summed E-state index contributed by atoms with van der Waals surface area (Å²) in [6, 6.07) is 7.99. The summed E-state index contributed by atoms with van der Waals surface area (Å²) in [6.45, 7) is 2.87. The van der Waals surface area contributed by atoms with Crippen LogP contribution >= 0.6 is 11.3 Å². The molecule has 0 spiro atoms. The zero-order valence-electron chi connectivity index (χ0n) is 18.3. The highest BCUT2D eigenvalue weighted by Gasteiger charge is 2.43. The minimum atomic E-state index is -3.75. The molecule has 0 saturated heterocycles. The van der Waals surface area contributed by atoms with Gasteiger partial charge in [0.25, 0.3) is 5.91 Å². The number of thiophene rings is 1. The van der Waals surface area contributed by atoms with Gasteiger partial charge in [0.2, 0.25) is 10.0 Å². The number of amides is 1. The Labute approximate surface area is 192 Å². The molecule has 1 aliphatic carbocycles. The van der Waals surface area contributed by atoms with Gasteiger partial charge in [-0.15, -0.1) is 11.3 Å². The van der Waals surface area contributed by atoms with E-state index in [4.69, 9.17) is 4.74 Å². The lowest BCUT2D eigenvalue weighted by Crippen LogP contribution is -2.56. The zero-order chi connectivity index (χ0) is 22.9. The fourth-order valence-electron chi connectivity index (χ4n) is 4.49. The Hall–Kier alpha value is -2.23. The number of carbonyl (C=O) groups is 2. The third-order valence-corrected chi connectivity index (χ3v) is 9.43. The van der Waals surface area contributed by atoms with Gasteiger partial charge >= 0.3 is 5.97 Å². The Kier molecular flexibility index (Phi) is 6.42. The topological polar surface area (TPSA) is 92.8 Å². The van der Waals surface area contributed by atoms with Crippen molar-refractivity contribution in [2.75, 3.05) is 13.7 Å². The van der Waals surface area contributed by atoms with Crippen LogP contribution < -0.4 is 5.32 Å². The maximum Gasteiger partial charge on any atom is 0.331 e. The number of nitrogens with one attached hydrogen (secondary N) is 1. The summed E-state index contributed by atoms with van der Waals surface area (Å²) < 4.78 is 33.0. The van der Waals surface area contributed by atoms with Crippen LogP contribution in [0, 0.1) is 5.92 Å². The number of ether oxygens (including phenoxy) is 1. The second-order valence-corrected chi connectivity index (χ2v) is 11.6. The van der Waals surface area contributed by atoms with Crippen LogP contribution in [0.1, 0.15) is 53.4 Å². The number of methoxy groups -OCH3 is 1. The van der Waals surface area contributed by atoms with E-state index in [-0.39, 0.29) is 10.5 Å². The first-order valence-electron chi connectivity index (χ1n) is 10.8. The number of hydrogen-bond acceptors (Lipinski definition) is 6. The van der Waals surface area contributed by atoms with E-state index < -0.39 is 27.4 Å². The highest BCUT2D eigenvalue weighted by molar-refractivity contribution is 7.89. The molecule has 0 atom stereocenters. The number of nitrogens with zero attached hydrogens (tertiary/aromatic N) is 1. The summed E-state index contributed by atoms with van der Waals surface area (Å²) in [5.41, 5.74) is 0.168. The molecule has 1 saturated carbocycles. The summed E-state index contributed by atoms with van der Waals surface area (Å²) in [4.78, 5) is 26.9. The van der Waals surface area contributed by atoms with E-state index in [0.717, 1.165) is 18.4 Å². The molecule has 2 heterocycles. The largest absolute Gasteiger partial charge is 0.467 e. The Balaban J connectivity index is 1.56. The Bertz CT molecular complexity index is 1120. The summed E-state index contributed by atoms with van der Waals surface area (Å²) in [5, 5.41) is 4.85. The third kappa shape index (κ3) is 4.33. The van der Waals surface area contributed by atoms with Crippen LogP contribution in [0.15, 0.2) is 40.6 Å². The number of sulfonamides is 1. The van der Waals surface area contributed by atoms with E-state index in [1.54, 1.807) is 23.5 Å². The van der Waals surface area contributed by atoms with Gasteiger partial charge in [0, 0.05) is 23.5 Å². The maximum atomic E-state index is 13.3. The standard InChI is InChI=1S/C23H28N2O5S2/c1-16-6-10-23(11-7-16,22(27)30-2)24-21(26)17-4-3-5-19(14-17)32(28,29)25-12-8-20-18(15-25)9-13-31-20/h3-5,9,13-14,16H,6-8,10-12,15H2,1-2H3,(H,24,26). The van der Waals surface area contributed by atoms with Gasteiger partial charge in [-0.25, -0.2) is 13.2 Å². The van der Waals surface area contributed by atoms with Crippen molar-refractivity contribution in [2.45, 2.75) is 56.0 Å². The minimum absolute atomic E-state index is 0.0771. The fraction of sp³-hybridized carbons (Fsp3) is 0.478. The number of rotatable bonds is 5. The Morgan fingerprint density at radius 1 is 1.22 bits per heavy atom. The van der Waals surface area contributed by atoms with E-state index in [9.17, 15) is 18.0 Å². The predicted octanol–water partition coefficient (Wildman–Crippen LogP) is 3.35. The minimum Gasteiger partial charge on any atom is -0.467 e. The van der Waals surface area contributed by atoms with Crippen LogP contribution in [0.25, 0.3) is 0 Å². The molecule has 1 amide bonds. The molecule has 0 bridgehead atoms. The molecule has 32 heavy (non-hydrogen) atoms. The van der Waals surface area contributed by atoms with Gasteiger partial charge in [-0.1, -0.05) is 13.0 Å². The molecule has 1 aromatic heterocycles. The molecule has 9 heteroatoms. The van der Waals surface area contributed by atoms with Gasteiger partial charge in [-0.3, -0.25) is 4.79 Å². The molecule has 4 rings (SSSR count). The van der Waals surface area contributed by atoms with Crippen LogP contribution in [-0.2, 0) is 32.5 Å². The third-order valence-electron chi connectivity index (χ3n) is 6.56. The molecule has 2 aromatic rings. The van der Waals surface area contributed by atoms with Crippen LogP contribution in [0.2, 0.25) is 0 Å². The first-order valence-corrected chi connectivity index (χ1v) is 13.1. The summed E-state index contributed by atoms with van der Waals surface area (Å²) in [7, 11) is -2.43. The molecule has 0 unspecified atom stereocenters.